The number of pyridine rings is 1. The second-order valence-corrected chi connectivity index (χ2v) is 14.4. The van der Waals surface area contributed by atoms with Gasteiger partial charge < -0.3 is 29.2 Å². The van der Waals surface area contributed by atoms with E-state index >= 15 is 0 Å². The number of methoxy groups -OCH3 is 1. The third-order valence-corrected chi connectivity index (χ3v) is 9.38. The lowest BCUT2D eigenvalue weighted by molar-refractivity contribution is -0.149. The molecule has 1 aromatic heterocycles. The van der Waals surface area contributed by atoms with Gasteiger partial charge in [-0.1, -0.05) is 42.5 Å². The van der Waals surface area contributed by atoms with Crippen molar-refractivity contribution in [2.24, 2.45) is 5.92 Å². The van der Waals surface area contributed by atoms with E-state index in [0.29, 0.717) is 42.0 Å². The highest BCUT2D eigenvalue weighted by Crippen LogP contribution is 2.46. The molecule has 4 unspecified atom stereocenters. The monoisotopic (exact) mass is 713 g/mol. The number of aromatic nitrogens is 1. The van der Waals surface area contributed by atoms with Gasteiger partial charge in [-0.2, -0.15) is 0 Å². The van der Waals surface area contributed by atoms with Crippen molar-refractivity contribution >= 4 is 34.9 Å². The first kappa shape index (κ1) is 36.5. The second kappa shape index (κ2) is 15.1. The number of amides is 4. The van der Waals surface area contributed by atoms with Crippen molar-refractivity contribution in [1.29, 1.82) is 0 Å². The highest BCUT2D eigenvalue weighted by Gasteiger charge is 2.62. The standard InChI is InChI=1S/C39H47N5O8/c1-6-50-35(46)39-23-26(39)16-12-7-8-13-19-44(42-36(47)52-38(2,3)4)37(48)43-24-28(21-32(43)34(45)41-39)51-33-22-30(25-14-10-9-11-15-25)40-31-20-27(49-5)17-18-29(31)33/h9-12,14-18,20,22,26,28,32H,6-8,13,19,21,23-24H2,1-5H3,(H,41,45)(H,42,47). The fourth-order valence-corrected chi connectivity index (χ4v) is 6.75. The maximum absolute atomic E-state index is 14.4. The Morgan fingerprint density at radius 3 is 2.60 bits per heavy atom. The molecule has 13 heteroatoms. The van der Waals surface area contributed by atoms with Gasteiger partial charge in [0.15, 0.2) is 0 Å². The fourth-order valence-electron chi connectivity index (χ4n) is 6.75. The number of fused-ring (bicyclic) bond motifs is 3. The van der Waals surface area contributed by atoms with E-state index in [-0.39, 0.29) is 32.0 Å². The van der Waals surface area contributed by atoms with E-state index in [0.717, 1.165) is 17.4 Å². The van der Waals surface area contributed by atoms with Crippen LogP contribution in [0.3, 0.4) is 0 Å². The number of urea groups is 1. The van der Waals surface area contributed by atoms with Crippen LogP contribution in [0.5, 0.6) is 11.5 Å². The molecule has 2 aromatic carbocycles. The van der Waals surface area contributed by atoms with Gasteiger partial charge in [0.25, 0.3) is 0 Å². The summed E-state index contributed by atoms with van der Waals surface area (Å²) < 4.78 is 23.0. The van der Waals surface area contributed by atoms with Crippen LogP contribution >= 0.6 is 0 Å². The van der Waals surface area contributed by atoms with Crippen molar-refractivity contribution in [2.75, 3.05) is 26.8 Å². The normalized spacial score (nSPS) is 23.5. The topological polar surface area (TPSA) is 149 Å². The molecule has 4 atom stereocenters. The van der Waals surface area contributed by atoms with Crippen molar-refractivity contribution in [3.05, 3.63) is 66.7 Å². The summed E-state index contributed by atoms with van der Waals surface area (Å²) in [5.74, 6) is -0.0788. The number of carbonyl (C=O) groups is 4. The Bertz CT molecular complexity index is 1840. The third kappa shape index (κ3) is 8.08. The van der Waals surface area contributed by atoms with Crippen LogP contribution in [0.25, 0.3) is 22.2 Å². The Hall–Kier alpha value is -5.33. The van der Waals surface area contributed by atoms with Gasteiger partial charge >= 0.3 is 18.1 Å². The van der Waals surface area contributed by atoms with Crippen LogP contribution in [0.15, 0.2) is 66.7 Å². The maximum atomic E-state index is 14.4. The van der Waals surface area contributed by atoms with Gasteiger partial charge in [-0.25, -0.2) is 29.8 Å². The zero-order valence-corrected chi connectivity index (χ0v) is 30.3. The molecule has 0 spiro atoms. The number of esters is 1. The minimum absolute atomic E-state index is 0.0276. The van der Waals surface area contributed by atoms with Crippen LogP contribution in [-0.4, -0.2) is 89.0 Å². The second-order valence-electron chi connectivity index (χ2n) is 14.4. The number of allylic oxidation sites excluding steroid dienone is 1. The van der Waals surface area contributed by atoms with Crippen LogP contribution < -0.4 is 20.2 Å². The first-order valence-corrected chi connectivity index (χ1v) is 17.9. The Labute approximate surface area is 303 Å². The molecule has 13 nitrogen and oxygen atoms in total. The Balaban J connectivity index is 1.35. The largest absolute Gasteiger partial charge is 0.497 e. The minimum Gasteiger partial charge on any atom is -0.497 e. The summed E-state index contributed by atoms with van der Waals surface area (Å²) in [6, 6.07) is 15.5. The lowest BCUT2D eigenvalue weighted by Gasteiger charge is -2.32. The molecule has 276 valence electrons. The fraction of sp³-hybridized carbons (Fsp3) is 0.462. The Morgan fingerprint density at radius 2 is 1.87 bits per heavy atom. The lowest BCUT2D eigenvalue weighted by Crippen LogP contribution is -2.58. The molecule has 2 aliphatic heterocycles. The molecule has 1 saturated carbocycles. The van der Waals surface area contributed by atoms with E-state index < -0.39 is 47.3 Å². The molecule has 0 radical (unpaired) electrons. The summed E-state index contributed by atoms with van der Waals surface area (Å²) in [7, 11) is 1.59. The van der Waals surface area contributed by atoms with Gasteiger partial charge in [-0.3, -0.25) is 4.79 Å². The van der Waals surface area contributed by atoms with Crippen molar-refractivity contribution in [3.8, 4) is 22.8 Å². The molecule has 3 aliphatic rings. The first-order chi connectivity index (χ1) is 24.9. The molecule has 3 heterocycles. The minimum atomic E-state index is -1.22. The number of hydrogen-bond acceptors (Lipinski definition) is 9. The van der Waals surface area contributed by atoms with E-state index in [2.05, 4.69) is 10.7 Å². The smallest absolute Gasteiger partial charge is 0.426 e. The van der Waals surface area contributed by atoms with E-state index in [9.17, 15) is 19.2 Å². The SMILES string of the molecule is CCOC(=O)C12CC1C=CCCCCN(NC(=O)OC(C)(C)C)C(=O)N1CC(Oc3cc(-c4ccccc4)nc4cc(OC)ccc34)CC1C(=O)N2. The quantitative estimate of drug-likeness (QED) is 0.230. The zero-order chi connectivity index (χ0) is 37.0. The van der Waals surface area contributed by atoms with Gasteiger partial charge in [0.1, 0.15) is 34.8 Å². The average Bonchev–Trinajstić information content (AvgIpc) is 3.64. The van der Waals surface area contributed by atoms with E-state index in [1.807, 2.05) is 66.7 Å². The summed E-state index contributed by atoms with van der Waals surface area (Å²) in [5, 5.41) is 4.90. The van der Waals surface area contributed by atoms with Crippen molar-refractivity contribution in [2.45, 2.75) is 83.1 Å². The average molecular weight is 714 g/mol. The number of hydrazine groups is 1. The van der Waals surface area contributed by atoms with E-state index in [1.54, 1.807) is 34.8 Å². The van der Waals surface area contributed by atoms with E-state index in [4.69, 9.17) is 23.9 Å². The highest BCUT2D eigenvalue weighted by atomic mass is 16.6. The first-order valence-electron chi connectivity index (χ1n) is 17.9. The van der Waals surface area contributed by atoms with Gasteiger partial charge in [-0.15, -0.1) is 0 Å². The summed E-state index contributed by atoms with van der Waals surface area (Å²) in [5.41, 5.74) is 2.81. The molecular weight excluding hydrogens is 666 g/mol. The maximum Gasteiger partial charge on any atom is 0.426 e. The number of ether oxygens (including phenoxy) is 4. The number of rotatable bonds is 7. The van der Waals surface area contributed by atoms with Gasteiger partial charge in [0.2, 0.25) is 5.91 Å². The van der Waals surface area contributed by atoms with Gasteiger partial charge in [0.05, 0.1) is 31.5 Å². The molecule has 2 fully saturated rings. The molecule has 0 bridgehead atoms. The molecule has 1 aliphatic carbocycles. The van der Waals surface area contributed by atoms with Crippen LogP contribution in [0, 0.1) is 5.92 Å². The molecule has 2 N–H and O–H groups in total. The molecular formula is C39H47N5O8. The van der Waals surface area contributed by atoms with Crippen LogP contribution in [0.1, 0.15) is 59.8 Å². The molecule has 3 aromatic rings. The van der Waals surface area contributed by atoms with Gasteiger partial charge in [0, 0.05) is 42.0 Å². The number of nitrogens with one attached hydrogen (secondary N) is 2. The lowest BCUT2D eigenvalue weighted by atomic mass is 10.1. The molecule has 4 amide bonds. The summed E-state index contributed by atoms with van der Waals surface area (Å²) in [6.45, 7) is 7.31. The molecule has 1 saturated heterocycles. The summed E-state index contributed by atoms with van der Waals surface area (Å²) in [6.07, 6.45) is 5.02. The third-order valence-electron chi connectivity index (χ3n) is 9.38. The predicted octanol–water partition coefficient (Wildman–Crippen LogP) is 5.77. The van der Waals surface area contributed by atoms with Crippen molar-refractivity contribution in [3.63, 3.8) is 0 Å². The van der Waals surface area contributed by atoms with Crippen LogP contribution in [-0.2, 0) is 19.1 Å². The molecule has 6 rings (SSSR count). The van der Waals surface area contributed by atoms with Crippen LogP contribution in [0.4, 0.5) is 9.59 Å². The van der Waals surface area contributed by atoms with Crippen LogP contribution in [0.2, 0.25) is 0 Å². The van der Waals surface area contributed by atoms with Crippen molar-refractivity contribution < 1.29 is 38.1 Å². The van der Waals surface area contributed by atoms with Crippen molar-refractivity contribution in [1.82, 2.24) is 25.6 Å². The van der Waals surface area contributed by atoms with Gasteiger partial charge in [-0.05, 0) is 65.5 Å². The Kier molecular flexibility index (Phi) is 10.6. The molecule has 52 heavy (non-hydrogen) atoms. The Morgan fingerprint density at radius 1 is 1.08 bits per heavy atom. The predicted molar refractivity (Wildman–Crippen MR) is 193 cm³/mol. The zero-order valence-electron chi connectivity index (χ0n) is 30.3. The summed E-state index contributed by atoms with van der Waals surface area (Å²) >= 11 is 0. The summed E-state index contributed by atoms with van der Waals surface area (Å²) in [4.78, 5) is 61.1. The number of hydrogen-bond donors (Lipinski definition) is 2. The number of carbonyl (C=O) groups excluding carboxylic acids is 4. The highest BCUT2D eigenvalue weighted by molar-refractivity contribution is 5.95. The number of nitrogens with zero attached hydrogens (tertiary/aromatic N) is 3. The van der Waals surface area contributed by atoms with E-state index in [1.165, 1.54) is 9.91 Å². The number of benzene rings is 2.